The third-order valence-corrected chi connectivity index (χ3v) is 1.94. The number of nitrogens with zero attached hydrogens (tertiary/aromatic N) is 2. The average Bonchev–Trinajstić information content (AvgIpc) is 2.56. The van der Waals surface area contributed by atoms with E-state index in [1.807, 2.05) is 26.8 Å². The zero-order valence-electron chi connectivity index (χ0n) is 8.66. The summed E-state index contributed by atoms with van der Waals surface area (Å²) in [6, 6.07) is 0. The van der Waals surface area contributed by atoms with Gasteiger partial charge in [-0.05, 0) is 13.3 Å². The Labute approximate surface area is 78.9 Å². The minimum Gasteiger partial charge on any atom is -0.421 e. The molecule has 0 unspecified atom stereocenters. The summed E-state index contributed by atoms with van der Waals surface area (Å²) in [5.41, 5.74) is 1.11. The molecule has 0 bridgehead atoms. The first-order chi connectivity index (χ1) is 6.19. The summed E-state index contributed by atoms with van der Waals surface area (Å²) < 4.78 is 5.50. The van der Waals surface area contributed by atoms with Crippen LogP contribution in [-0.4, -0.2) is 10.2 Å². The van der Waals surface area contributed by atoms with Crippen LogP contribution in [0.1, 0.15) is 51.8 Å². The van der Waals surface area contributed by atoms with Gasteiger partial charge in [-0.1, -0.05) is 26.8 Å². The molecule has 0 radical (unpaired) electrons. The van der Waals surface area contributed by atoms with E-state index in [0.717, 1.165) is 12.0 Å². The SMILES string of the molecule is C/C=C(/CC)c1nnc(C(C)C)o1. The summed E-state index contributed by atoms with van der Waals surface area (Å²) in [6.07, 6.45) is 2.94. The molecule has 1 rings (SSSR count). The van der Waals surface area contributed by atoms with E-state index in [1.54, 1.807) is 0 Å². The first-order valence-electron chi connectivity index (χ1n) is 4.68. The van der Waals surface area contributed by atoms with Crippen LogP contribution in [0.15, 0.2) is 10.5 Å². The molecule has 3 heteroatoms. The molecule has 0 saturated carbocycles. The Morgan fingerprint density at radius 2 is 2.15 bits per heavy atom. The molecule has 0 atom stereocenters. The molecule has 0 saturated heterocycles. The molecule has 0 aromatic carbocycles. The summed E-state index contributed by atoms with van der Waals surface area (Å²) in [7, 11) is 0. The molecule has 0 spiro atoms. The molecule has 0 N–H and O–H groups in total. The van der Waals surface area contributed by atoms with Crippen LogP contribution in [0.2, 0.25) is 0 Å². The van der Waals surface area contributed by atoms with Crippen LogP contribution in [0.3, 0.4) is 0 Å². The van der Waals surface area contributed by atoms with Crippen molar-refractivity contribution in [2.75, 3.05) is 0 Å². The van der Waals surface area contributed by atoms with E-state index >= 15 is 0 Å². The molecule has 0 amide bonds. The Bertz CT molecular complexity index is 300. The van der Waals surface area contributed by atoms with Gasteiger partial charge in [0.05, 0.1) is 0 Å². The summed E-state index contributed by atoms with van der Waals surface area (Å²) in [6.45, 7) is 8.14. The first kappa shape index (κ1) is 9.96. The van der Waals surface area contributed by atoms with Gasteiger partial charge in [0.2, 0.25) is 11.8 Å². The highest BCUT2D eigenvalue weighted by atomic mass is 16.4. The smallest absolute Gasteiger partial charge is 0.243 e. The van der Waals surface area contributed by atoms with E-state index < -0.39 is 0 Å². The molecule has 13 heavy (non-hydrogen) atoms. The number of allylic oxidation sites excluding steroid dienone is 2. The lowest BCUT2D eigenvalue weighted by atomic mass is 10.2. The molecule has 0 aliphatic heterocycles. The van der Waals surface area contributed by atoms with Crippen molar-refractivity contribution in [3.8, 4) is 0 Å². The molecule has 3 nitrogen and oxygen atoms in total. The average molecular weight is 180 g/mol. The van der Waals surface area contributed by atoms with E-state index in [-0.39, 0.29) is 0 Å². The van der Waals surface area contributed by atoms with Crippen molar-refractivity contribution in [1.82, 2.24) is 10.2 Å². The molecular formula is C10H16N2O. The molecule has 0 aliphatic rings. The van der Waals surface area contributed by atoms with Gasteiger partial charge in [0.1, 0.15) is 0 Å². The van der Waals surface area contributed by atoms with E-state index in [1.165, 1.54) is 0 Å². The minimum atomic E-state index is 0.302. The molecule has 72 valence electrons. The van der Waals surface area contributed by atoms with Crippen molar-refractivity contribution >= 4 is 5.57 Å². The van der Waals surface area contributed by atoms with Gasteiger partial charge in [-0.2, -0.15) is 0 Å². The van der Waals surface area contributed by atoms with E-state index in [4.69, 9.17) is 4.42 Å². The Hall–Kier alpha value is -1.12. The Balaban J connectivity index is 2.91. The molecule has 0 fully saturated rings. The second kappa shape index (κ2) is 4.21. The lowest BCUT2D eigenvalue weighted by molar-refractivity contribution is 0.459. The van der Waals surface area contributed by atoms with Gasteiger partial charge in [-0.15, -0.1) is 10.2 Å². The highest BCUT2D eigenvalue weighted by Gasteiger charge is 2.11. The molecule has 1 aromatic rings. The second-order valence-electron chi connectivity index (χ2n) is 3.27. The number of rotatable bonds is 3. The standard InChI is InChI=1S/C10H16N2O/c1-5-8(6-2)10-12-11-9(13-10)7(3)4/h5,7H,6H2,1-4H3/b8-5-. The highest BCUT2D eigenvalue weighted by Crippen LogP contribution is 2.19. The van der Waals surface area contributed by atoms with Gasteiger partial charge in [0.15, 0.2) is 0 Å². The maximum atomic E-state index is 5.50. The summed E-state index contributed by atoms with van der Waals surface area (Å²) in [5, 5.41) is 7.97. The maximum absolute atomic E-state index is 5.50. The van der Waals surface area contributed by atoms with E-state index in [2.05, 4.69) is 17.1 Å². The number of hydrogen-bond acceptors (Lipinski definition) is 3. The predicted molar refractivity (Wildman–Crippen MR) is 52.3 cm³/mol. The lowest BCUT2D eigenvalue weighted by Crippen LogP contribution is -1.85. The van der Waals surface area contributed by atoms with Crippen LogP contribution >= 0.6 is 0 Å². The lowest BCUT2D eigenvalue weighted by Gasteiger charge is -1.96. The summed E-state index contributed by atoms with van der Waals surface area (Å²) in [4.78, 5) is 0. The fourth-order valence-electron chi connectivity index (χ4n) is 1.08. The van der Waals surface area contributed by atoms with Crippen LogP contribution in [0.25, 0.3) is 5.57 Å². The van der Waals surface area contributed by atoms with Crippen LogP contribution in [-0.2, 0) is 0 Å². The van der Waals surface area contributed by atoms with Gasteiger partial charge in [-0.3, -0.25) is 0 Å². The Morgan fingerprint density at radius 1 is 1.46 bits per heavy atom. The normalized spacial score (nSPS) is 12.5. The van der Waals surface area contributed by atoms with Gasteiger partial charge < -0.3 is 4.42 Å². The van der Waals surface area contributed by atoms with Gasteiger partial charge in [-0.25, -0.2) is 0 Å². The number of hydrogen-bond donors (Lipinski definition) is 0. The predicted octanol–water partition coefficient (Wildman–Crippen LogP) is 3.01. The van der Waals surface area contributed by atoms with Gasteiger partial charge in [0.25, 0.3) is 0 Å². The quantitative estimate of drug-likeness (QED) is 0.717. The van der Waals surface area contributed by atoms with Crippen molar-refractivity contribution in [3.05, 3.63) is 17.9 Å². The largest absolute Gasteiger partial charge is 0.421 e. The minimum absolute atomic E-state index is 0.302. The van der Waals surface area contributed by atoms with Gasteiger partial charge in [0, 0.05) is 11.5 Å². The zero-order chi connectivity index (χ0) is 9.84. The zero-order valence-corrected chi connectivity index (χ0v) is 8.66. The monoisotopic (exact) mass is 180 g/mol. The topological polar surface area (TPSA) is 38.9 Å². The maximum Gasteiger partial charge on any atom is 0.243 e. The van der Waals surface area contributed by atoms with Gasteiger partial charge >= 0.3 is 0 Å². The third kappa shape index (κ3) is 2.17. The first-order valence-corrected chi connectivity index (χ1v) is 4.68. The van der Waals surface area contributed by atoms with Crippen molar-refractivity contribution in [3.63, 3.8) is 0 Å². The van der Waals surface area contributed by atoms with Crippen LogP contribution in [0, 0.1) is 0 Å². The molecular weight excluding hydrogens is 164 g/mol. The summed E-state index contributed by atoms with van der Waals surface area (Å²) >= 11 is 0. The van der Waals surface area contributed by atoms with Crippen molar-refractivity contribution in [2.24, 2.45) is 0 Å². The second-order valence-corrected chi connectivity index (χ2v) is 3.27. The van der Waals surface area contributed by atoms with Crippen molar-refractivity contribution in [1.29, 1.82) is 0 Å². The fourth-order valence-corrected chi connectivity index (χ4v) is 1.08. The number of aromatic nitrogens is 2. The Morgan fingerprint density at radius 3 is 2.54 bits per heavy atom. The molecule has 1 aromatic heterocycles. The third-order valence-electron chi connectivity index (χ3n) is 1.94. The van der Waals surface area contributed by atoms with Crippen LogP contribution < -0.4 is 0 Å². The molecule has 1 heterocycles. The highest BCUT2D eigenvalue weighted by molar-refractivity contribution is 5.57. The fraction of sp³-hybridized carbons (Fsp3) is 0.600. The van der Waals surface area contributed by atoms with E-state index in [9.17, 15) is 0 Å². The molecule has 0 aliphatic carbocycles. The van der Waals surface area contributed by atoms with E-state index in [0.29, 0.717) is 17.7 Å². The van der Waals surface area contributed by atoms with Crippen LogP contribution in [0.4, 0.5) is 0 Å². The van der Waals surface area contributed by atoms with Crippen molar-refractivity contribution < 1.29 is 4.42 Å². The Kier molecular flexibility index (Phi) is 3.23. The summed E-state index contributed by atoms with van der Waals surface area (Å²) in [5.74, 6) is 1.67. The van der Waals surface area contributed by atoms with Crippen molar-refractivity contribution in [2.45, 2.75) is 40.0 Å². The van der Waals surface area contributed by atoms with Crippen LogP contribution in [0.5, 0.6) is 0 Å².